The highest BCUT2D eigenvalue weighted by Crippen LogP contribution is 2.31. The Morgan fingerprint density at radius 1 is 0.950 bits per heavy atom. The van der Waals surface area contributed by atoms with Gasteiger partial charge < -0.3 is 10.6 Å². The third-order valence-corrected chi connectivity index (χ3v) is 4.27. The number of anilines is 1. The lowest BCUT2D eigenvalue weighted by atomic mass is 9.97. The van der Waals surface area contributed by atoms with Crippen LogP contribution in [0.15, 0.2) is 48.5 Å². The Balaban J connectivity index is 1.94. The largest absolute Gasteiger partial charge is 0.371 e. The Hall–Kier alpha value is -1.80. The number of rotatable bonds is 2. The highest BCUT2D eigenvalue weighted by molar-refractivity contribution is 5.74. The lowest BCUT2D eigenvalue weighted by Crippen LogP contribution is -2.40. The van der Waals surface area contributed by atoms with Crippen LogP contribution in [0, 0.1) is 6.92 Å². The van der Waals surface area contributed by atoms with Crippen molar-refractivity contribution in [1.82, 2.24) is 0 Å². The normalized spacial score (nSPS) is 16.4. The van der Waals surface area contributed by atoms with Crippen LogP contribution in [-0.4, -0.2) is 19.1 Å². The Kier molecular flexibility index (Phi) is 3.75. The van der Waals surface area contributed by atoms with Crippen molar-refractivity contribution in [3.8, 4) is 11.1 Å². The molecule has 2 N–H and O–H groups in total. The van der Waals surface area contributed by atoms with Gasteiger partial charge in [0.1, 0.15) is 0 Å². The summed E-state index contributed by atoms with van der Waals surface area (Å²) in [4.78, 5) is 2.48. The van der Waals surface area contributed by atoms with E-state index >= 15 is 0 Å². The average Bonchev–Trinajstić information content (AvgIpc) is 2.49. The summed E-state index contributed by atoms with van der Waals surface area (Å²) in [5.74, 6) is 0. The maximum Gasteiger partial charge on any atom is 0.0402 e. The molecule has 104 valence electrons. The van der Waals surface area contributed by atoms with E-state index in [2.05, 4.69) is 60.4 Å². The van der Waals surface area contributed by atoms with Crippen LogP contribution in [0.1, 0.15) is 18.4 Å². The van der Waals surface area contributed by atoms with E-state index in [-0.39, 0.29) is 0 Å². The predicted octanol–water partition coefficient (Wildman–Crippen LogP) is 3.59. The van der Waals surface area contributed by atoms with Crippen molar-refractivity contribution >= 4 is 5.69 Å². The molecule has 1 aliphatic heterocycles. The van der Waals surface area contributed by atoms with Gasteiger partial charge in [0.05, 0.1) is 0 Å². The van der Waals surface area contributed by atoms with E-state index in [0.717, 1.165) is 25.9 Å². The predicted molar refractivity (Wildman–Crippen MR) is 86.0 cm³/mol. The number of benzene rings is 2. The highest BCUT2D eigenvalue weighted by atomic mass is 15.1. The fourth-order valence-corrected chi connectivity index (χ4v) is 3.04. The molecule has 3 rings (SSSR count). The Bertz CT molecular complexity index is 569. The van der Waals surface area contributed by atoms with Crippen LogP contribution in [0.5, 0.6) is 0 Å². The van der Waals surface area contributed by atoms with E-state index in [1.54, 1.807) is 0 Å². The average molecular weight is 266 g/mol. The third kappa shape index (κ3) is 2.56. The first kappa shape index (κ1) is 13.2. The van der Waals surface area contributed by atoms with Gasteiger partial charge >= 0.3 is 0 Å². The van der Waals surface area contributed by atoms with Crippen molar-refractivity contribution in [3.05, 3.63) is 54.1 Å². The third-order valence-electron chi connectivity index (χ3n) is 4.27. The summed E-state index contributed by atoms with van der Waals surface area (Å²) in [6.45, 7) is 4.37. The second kappa shape index (κ2) is 5.68. The molecule has 0 unspecified atom stereocenters. The highest BCUT2D eigenvalue weighted by Gasteiger charge is 2.18. The van der Waals surface area contributed by atoms with Crippen molar-refractivity contribution in [1.29, 1.82) is 0 Å². The van der Waals surface area contributed by atoms with Crippen LogP contribution >= 0.6 is 0 Å². The van der Waals surface area contributed by atoms with Gasteiger partial charge in [-0.3, -0.25) is 0 Å². The molecule has 0 saturated carbocycles. The topological polar surface area (TPSA) is 29.3 Å². The summed E-state index contributed by atoms with van der Waals surface area (Å²) in [6, 6.07) is 17.6. The Labute approximate surface area is 121 Å². The van der Waals surface area contributed by atoms with Gasteiger partial charge in [-0.15, -0.1) is 0 Å². The van der Waals surface area contributed by atoms with Gasteiger partial charge in [0.25, 0.3) is 0 Å². The summed E-state index contributed by atoms with van der Waals surface area (Å²) in [5, 5.41) is 0. The first-order chi connectivity index (χ1) is 9.75. The summed E-state index contributed by atoms with van der Waals surface area (Å²) in [5.41, 5.74) is 11.4. The zero-order valence-electron chi connectivity index (χ0n) is 12.0. The second-order valence-electron chi connectivity index (χ2n) is 5.64. The van der Waals surface area contributed by atoms with Crippen LogP contribution in [-0.2, 0) is 0 Å². The molecule has 2 aromatic rings. The molecule has 0 aliphatic carbocycles. The Morgan fingerprint density at radius 3 is 2.35 bits per heavy atom. The quantitative estimate of drug-likeness (QED) is 0.900. The molecule has 1 fully saturated rings. The molecule has 0 radical (unpaired) electrons. The zero-order valence-corrected chi connectivity index (χ0v) is 12.0. The van der Waals surface area contributed by atoms with Gasteiger partial charge in [0.2, 0.25) is 0 Å². The monoisotopic (exact) mass is 266 g/mol. The molecule has 1 heterocycles. The molecule has 0 bridgehead atoms. The van der Waals surface area contributed by atoms with Crippen LogP contribution < -0.4 is 10.6 Å². The van der Waals surface area contributed by atoms with Crippen molar-refractivity contribution in [2.75, 3.05) is 18.0 Å². The van der Waals surface area contributed by atoms with Gasteiger partial charge in [-0.2, -0.15) is 0 Å². The SMILES string of the molecule is Cc1c(-c2ccccc2)cccc1N1CCC(N)CC1. The van der Waals surface area contributed by atoms with Crippen molar-refractivity contribution in [2.24, 2.45) is 5.73 Å². The van der Waals surface area contributed by atoms with Crippen LogP contribution in [0.2, 0.25) is 0 Å². The fourth-order valence-electron chi connectivity index (χ4n) is 3.04. The van der Waals surface area contributed by atoms with Gasteiger partial charge in [-0.25, -0.2) is 0 Å². The first-order valence-electron chi connectivity index (χ1n) is 7.41. The number of hydrogen-bond donors (Lipinski definition) is 1. The molecule has 2 aromatic carbocycles. The molecule has 20 heavy (non-hydrogen) atoms. The zero-order chi connectivity index (χ0) is 13.9. The maximum absolute atomic E-state index is 6.01. The van der Waals surface area contributed by atoms with Crippen LogP contribution in [0.3, 0.4) is 0 Å². The molecule has 1 saturated heterocycles. The van der Waals surface area contributed by atoms with E-state index in [0.29, 0.717) is 6.04 Å². The lowest BCUT2D eigenvalue weighted by molar-refractivity contribution is 0.501. The molecule has 1 aliphatic rings. The van der Waals surface area contributed by atoms with Crippen molar-refractivity contribution in [2.45, 2.75) is 25.8 Å². The summed E-state index contributed by atoms with van der Waals surface area (Å²) < 4.78 is 0. The lowest BCUT2D eigenvalue weighted by Gasteiger charge is -2.33. The Morgan fingerprint density at radius 2 is 1.65 bits per heavy atom. The first-order valence-corrected chi connectivity index (χ1v) is 7.41. The minimum atomic E-state index is 0.379. The minimum Gasteiger partial charge on any atom is -0.371 e. The minimum absolute atomic E-state index is 0.379. The molecule has 2 nitrogen and oxygen atoms in total. The van der Waals surface area contributed by atoms with Gasteiger partial charge in [-0.1, -0.05) is 42.5 Å². The smallest absolute Gasteiger partial charge is 0.0402 e. The molecule has 0 amide bonds. The number of hydrogen-bond acceptors (Lipinski definition) is 2. The van der Waals surface area contributed by atoms with E-state index < -0.39 is 0 Å². The van der Waals surface area contributed by atoms with Crippen LogP contribution in [0.4, 0.5) is 5.69 Å². The van der Waals surface area contributed by atoms with Gasteiger partial charge in [0.15, 0.2) is 0 Å². The van der Waals surface area contributed by atoms with E-state index in [1.807, 2.05) is 0 Å². The molecule has 2 heteroatoms. The van der Waals surface area contributed by atoms with Crippen molar-refractivity contribution in [3.63, 3.8) is 0 Å². The molecular formula is C18H22N2. The standard InChI is InChI=1S/C18H22N2/c1-14-17(15-6-3-2-4-7-15)8-5-9-18(14)20-12-10-16(19)11-13-20/h2-9,16H,10-13,19H2,1H3. The van der Waals surface area contributed by atoms with E-state index in [4.69, 9.17) is 5.73 Å². The molecule has 0 atom stereocenters. The van der Waals surface area contributed by atoms with Crippen LogP contribution in [0.25, 0.3) is 11.1 Å². The molecule has 0 spiro atoms. The summed E-state index contributed by atoms with van der Waals surface area (Å²) >= 11 is 0. The molecular weight excluding hydrogens is 244 g/mol. The number of piperidine rings is 1. The van der Waals surface area contributed by atoms with Gasteiger partial charge in [-0.05, 0) is 42.5 Å². The van der Waals surface area contributed by atoms with E-state index in [1.165, 1.54) is 22.4 Å². The molecule has 0 aromatic heterocycles. The van der Waals surface area contributed by atoms with Crippen molar-refractivity contribution < 1.29 is 0 Å². The number of nitrogens with two attached hydrogens (primary N) is 1. The summed E-state index contributed by atoms with van der Waals surface area (Å²) in [7, 11) is 0. The fraction of sp³-hybridized carbons (Fsp3) is 0.333. The second-order valence-corrected chi connectivity index (χ2v) is 5.64. The maximum atomic E-state index is 6.01. The van der Waals surface area contributed by atoms with E-state index in [9.17, 15) is 0 Å². The van der Waals surface area contributed by atoms with Gasteiger partial charge in [0, 0.05) is 24.8 Å². The number of nitrogens with zero attached hydrogens (tertiary/aromatic N) is 1. The summed E-state index contributed by atoms with van der Waals surface area (Å²) in [6.07, 6.45) is 2.18.